The number of carbonyl (C=O) groups excluding carboxylic acids is 1. The van der Waals surface area contributed by atoms with Gasteiger partial charge in [0.05, 0.1) is 12.0 Å². The van der Waals surface area contributed by atoms with E-state index in [1.165, 1.54) is 0 Å². The molecule has 2 N–H and O–H groups in total. The van der Waals surface area contributed by atoms with Crippen LogP contribution in [0.15, 0.2) is 0 Å². The summed E-state index contributed by atoms with van der Waals surface area (Å²) in [5.74, 6) is 0.766. The van der Waals surface area contributed by atoms with Gasteiger partial charge in [-0.05, 0) is 38.5 Å². The van der Waals surface area contributed by atoms with Gasteiger partial charge in [-0.25, -0.2) is 0 Å². The van der Waals surface area contributed by atoms with Crippen molar-refractivity contribution in [3.63, 3.8) is 0 Å². The zero-order valence-electron chi connectivity index (χ0n) is 12.3. The average molecular weight is 268 g/mol. The number of hydrogen-bond acceptors (Lipinski definition) is 3. The van der Waals surface area contributed by atoms with E-state index in [-0.39, 0.29) is 24.0 Å². The van der Waals surface area contributed by atoms with Crippen molar-refractivity contribution in [1.82, 2.24) is 4.90 Å². The number of ether oxygens (including phenoxy) is 1. The minimum atomic E-state index is 0.0316. The van der Waals surface area contributed by atoms with Gasteiger partial charge < -0.3 is 15.4 Å². The van der Waals surface area contributed by atoms with Crippen molar-refractivity contribution in [2.24, 2.45) is 17.6 Å². The summed E-state index contributed by atoms with van der Waals surface area (Å²) in [4.78, 5) is 14.6. The lowest BCUT2D eigenvalue weighted by molar-refractivity contribution is -0.141. The topological polar surface area (TPSA) is 55.6 Å². The number of carbonyl (C=O) groups is 1. The number of rotatable bonds is 3. The summed E-state index contributed by atoms with van der Waals surface area (Å²) in [7, 11) is 0. The van der Waals surface area contributed by atoms with Gasteiger partial charge in [0.2, 0.25) is 5.91 Å². The summed E-state index contributed by atoms with van der Waals surface area (Å²) >= 11 is 0. The van der Waals surface area contributed by atoms with Gasteiger partial charge in [-0.3, -0.25) is 4.79 Å². The molecule has 0 bridgehead atoms. The molecular weight excluding hydrogens is 240 g/mol. The van der Waals surface area contributed by atoms with Gasteiger partial charge in [0.1, 0.15) is 0 Å². The van der Waals surface area contributed by atoms with E-state index < -0.39 is 0 Å². The molecule has 1 heterocycles. The first-order valence-electron chi connectivity index (χ1n) is 7.79. The van der Waals surface area contributed by atoms with Gasteiger partial charge in [-0.2, -0.15) is 0 Å². The van der Waals surface area contributed by atoms with Crippen LogP contribution in [0, 0.1) is 11.8 Å². The van der Waals surface area contributed by atoms with Gasteiger partial charge >= 0.3 is 0 Å². The zero-order chi connectivity index (χ0) is 13.8. The number of amides is 1. The number of nitrogens with two attached hydrogens (primary N) is 1. The fraction of sp³-hybridized carbons (Fsp3) is 0.933. The first-order valence-corrected chi connectivity index (χ1v) is 7.79. The number of hydrogen-bond donors (Lipinski definition) is 1. The van der Waals surface area contributed by atoms with Crippen LogP contribution in [0.2, 0.25) is 0 Å². The average Bonchev–Trinajstić information content (AvgIpc) is 2.42. The fourth-order valence-electron chi connectivity index (χ4n) is 3.47. The van der Waals surface area contributed by atoms with Crippen LogP contribution in [-0.2, 0) is 9.53 Å². The third-order valence-electron chi connectivity index (χ3n) is 4.71. The maximum absolute atomic E-state index is 12.6. The van der Waals surface area contributed by atoms with E-state index in [9.17, 15) is 4.79 Å². The molecule has 0 spiro atoms. The summed E-state index contributed by atoms with van der Waals surface area (Å²) in [5, 5.41) is 0. The maximum atomic E-state index is 12.6. The molecule has 1 saturated carbocycles. The minimum absolute atomic E-state index is 0.0316. The summed E-state index contributed by atoms with van der Waals surface area (Å²) in [6.07, 6.45) is 5.60. The smallest absolute Gasteiger partial charge is 0.227 e. The number of likely N-dealkylation sites (tertiary alicyclic amines) is 1. The third kappa shape index (κ3) is 3.48. The van der Waals surface area contributed by atoms with Crippen LogP contribution in [0.25, 0.3) is 0 Å². The zero-order valence-corrected chi connectivity index (χ0v) is 12.3. The van der Waals surface area contributed by atoms with E-state index in [2.05, 4.69) is 6.92 Å². The highest BCUT2D eigenvalue weighted by Crippen LogP contribution is 2.30. The first-order chi connectivity index (χ1) is 9.13. The largest absolute Gasteiger partial charge is 0.377 e. The molecule has 2 aliphatic rings. The summed E-state index contributed by atoms with van der Waals surface area (Å²) < 4.78 is 5.67. The van der Waals surface area contributed by atoms with Crippen LogP contribution in [0.4, 0.5) is 0 Å². The summed E-state index contributed by atoms with van der Waals surface area (Å²) in [6, 6.07) is 0.0359. The van der Waals surface area contributed by atoms with Crippen LogP contribution in [-0.4, -0.2) is 42.6 Å². The van der Waals surface area contributed by atoms with Crippen molar-refractivity contribution < 1.29 is 9.53 Å². The van der Waals surface area contributed by atoms with Crippen LogP contribution in [0.3, 0.4) is 0 Å². The Labute approximate surface area is 116 Å². The Kier molecular flexibility index (Phi) is 5.22. The van der Waals surface area contributed by atoms with E-state index in [0.29, 0.717) is 5.92 Å². The Morgan fingerprint density at radius 3 is 2.84 bits per heavy atom. The summed E-state index contributed by atoms with van der Waals surface area (Å²) in [6.45, 7) is 6.54. The maximum Gasteiger partial charge on any atom is 0.227 e. The van der Waals surface area contributed by atoms with Crippen molar-refractivity contribution in [2.75, 3.05) is 19.7 Å². The highest BCUT2D eigenvalue weighted by molar-refractivity contribution is 5.79. The van der Waals surface area contributed by atoms with Crippen LogP contribution in [0.1, 0.15) is 46.0 Å². The van der Waals surface area contributed by atoms with E-state index in [1.807, 2.05) is 11.8 Å². The van der Waals surface area contributed by atoms with Gasteiger partial charge in [0.25, 0.3) is 0 Å². The molecule has 4 heteroatoms. The summed E-state index contributed by atoms with van der Waals surface area (Å²) in [5.41, 5.74) is 6.24. The molecule has 0 aromatic heterocycles. The number of piperidine rings is 1. The second-order valence-electron chi connectivity index (χ2n) is 6.10. The lowest BCUT2D eigenvalue weighted by Gasteiger charge is -2.39. The lowest BCUT2D eigenvalue weighted by atomic mass is 9.77. The van der Waals surface area contributed by atoms with Crippen LogP contribution < -0.4 is 5.73 Å². The van der Waals surface area contributed by atoms with Crippen LogP contribution >= 0.6 is 0 Å². The van der Waals surface area contributed by atoms with Crippen molar-refractivity contribution in [1.29, 1.82) is 0 Å². The molecule has 1 saturated heterocycles. The predicted molar refractivity (Wildman–Crippen MR) is 75.7 cm³/mol. The van der Waals surface area contributed by atoms with Gasteiger partial charge in [0, 0.05) is 25.7 Å². The lowest BCUT2D eigenvalue weighted by Crippen LogP contribution is -2.52. The van der Waals surface area contributed by atoms with Crippen molar-refractivity contribution in [3.8, 4) is 0 Å². The van der Waals surface area contributed by atoms with E-state index in [1.54, 1.807) is 0 Å². The molecule has 0 aromatic rings. The van der Waals surface area contributed by atoms with E-state index in [4.69, 9.17) is 10.5 Å². The Hall–Kier alpha value is -0.610. The number of nitrogens with zero attached hydrogens (tertiary/aromatic N) is 1. The molecule has 1 amide bonds. The Balaban J connectivity index is 1.94. The van der Waals surface area contributed by atoms with Crippen molar-refractivity contribution in [2.45, 2.75) is 58.1 Å². The molecular formula is C15H28N2O2. The Bertz CT molecular complexity index is 307. The second-order valence-corrected chi connectivity index (χ2v) is 6.10. The minimum Gasteiger partial charge on any atom is -0.377 e. The molecule has 110 valence electrons. The quantitative estimate of drug-likeness (QED) is 0.849. The van der Waals surface area contributed by atoms with E-state index in [0.717, 1.165) is 51.8 Å². The van der Waals surface area contributed by atoms with Gasteiger partial charge in [-0.15, -0.1) is 0 Å². The standard InChI is InChI=1S/C15H28N2O2/c1-3-19-12-7-5-9-17(10-12)15(18)13-8-4-6-11(2)14(13)16/h11-14H,3-10,16H2,1-2H3. The SMILES string of the molecule is CCOC1CCCN(C(=O)C2CCCC(C)C2N)C1. The first kappa shape index (κ1) is 14.8. The molecule has 4 unspecified atom stereocenters. The second kappa shape index (κ2) is 6.71. The molecule has 2 fully saturated rings. The van der Waals surface area contributed by atoms with Crippen LogP contribution in [0.5, 0.6) is 0 Å². The molecule has 1 aliphatic carbocycles. The van der Waals surface area contributed by atoms with Gasteiger partial charge in [-0.1, -0.05) is 13.3 Å². The third-order valence-corrected chi connectivity index (χ3v) is 4.71. The molecule has 2 rings (SSSR count). The highest BCUT2D eigenvalue weighted by atomic mass is 16.5. The van der Waals surface area contributed by atoms with Crippen molar-refractivity contribution >= 4 is 5.91 Å². The van der Waals surface area contributed by atoms with E-state index >= 15 is 0 Å². The van der Waals surface area contributed by atoms with Crippen molar-refractivity contribution in [3.05, 3.63) is 0 Å². The molecule has 1 aliphatic heterocycles. The normalized spacial score (nSPS) is 36.3. The molecule has 0 aromatic carbocycles. The molecule has 0 radical (unpaired) electrons. The Morgan fingerprint density at radius 1 is 1.32 bits per heavy atom. The molecule has 19 heavy (non-hydrogen) atoms. The predicted octanol–water partition coefficient (Wildman–Crippen LogP) is 1.78. The Morgan fingerprint density at radius 2 is 2.11 bits per heavy atom. The molecule has 4 atom stereocenters. The highest BCUT2D eigenvalue weighted by Gasteiger charge is 2.36. The molecule has 4 nitrogen and oxygen atoms in total. The monoisotopic (exact) mass is 268 g/mol. The van der Waals surface area contributed by atoms with Gasteiger partial charge in [0.15, 0.2) is 0 Å². The fourth-order valence-corrected chi connectivity index (χ4v) is 3.47.